The van der Waals surface area contributed by atoms with Gasteiger partial charge in [0.15, 0.2) is 0 Å². The number of hydrogen-bond acceptors (Lipinski definition) is 5. The first-order valence-corrected chi connectivity index (χ1v) is 15.7. The highest BCUT2D eigenvalue weighted by molar-refractivity contribution is 5.79. The normalized spacial score (nSPS) is 15.4. The van der Waals surface area contributed by atoms with Gasteiger partial charge < -0.3 is 24.9 Å². The van der Waals surface area contributed by atoms with E-state index in [2.05, 4.69) is 30.0 Å². The Hall–Kier alpha value is -5.39. The van der Waals surface area contributed by atoms with Crippen molar-refractivity contribution in [2.45, 2.75) is 50.9 Å². The fraction of sp³-hybridized carbons (Fsp3) is 0.278. The third kappa shape index (κ3) is 7.27. The predicted octanol–water partition coefficient (Wildman–Crippen LogP) is 7.35. The molecule has 12 heteroatoms. The monoisotopic (exact) mass is 656 g/mol. The first-order valence-electron chi connectivity index (χ1n) is 15.7. The number of carbonyl (C=O) groups is 2. The van der Waals surface area contributed by atoms with Crippen LogP contribution in [-0.2, 0) is 28.5 Å². The number of alkyl halides is 3. The van der Waals surface area contributed by atoms with Crippen LogP contribution in [0.15, 0.2) is 85.1 Å². The van der Waals surface area contributed by atoms with Crippen molar-refractivity contribution >= 4 is 12.0 Å². The Kier molecular flexibility index (Phi) is 9.33. The number of nitrogens with zero attached hydrogens (tertiary/aromatic N) is 3. The molecular weight excluding hydrogens is 621 g/mol. The highest BCUT2D eigenvalue weighted by Crippen LogP contribution is 2.37. The molecule has 1 aliphatic heterocycles. The first kappa shape index (κ1) is 32.5. The fourth-order valence-corrected chi connectivity index (χ4v) is 6.07. The number of rotatable bonds is 9. The van der Waals surface area contributed by atoms with Gasteiger partial charge in [-0.25, -0.2) is 14.8 Å². The van der Waals surface area contributed by atoms with E-state index in [1.165, 1.54) is 7.11 Å². The van der Waals surface area contributed by atoms with Gasteiger partial charge in [-0.3, -0.25) is 4.79 Å². The van der Waals surface area contributed by atoms with Crippen LogP contribution in [-0.4, -0.2) is 56.5 Å². The van der Waals surface area contributed by atoms with E-state index < -0.39 is 24.0 Å². The first-order chi connectivity index (χ1) is 23.1. The zero-order valence-electron chi connectivity index (χ0n) is 26.5. The summed E-state index contributed by atoms with van der Waals surface area (Å²) in [5.74, 6) is 0.946. The van der Waals surface area contributed by atoms with Crippen molar-refractivity contribution in [2.75, 3.05) is 13.7 Å². The van der Waals surface area contributed by atoms with Gasteiger partial charge >= 0.3 is 12.3 Å². The van der Waals surface area contributed by atoms with Crippen LogP contribution in [0.3, 0.4) is 0 Å². The number of alkyl carbamates (subject to hydrolysis) is 1. The van der Waals surface area contributed by atoms with Crippen molar-refractivity contribution in [2.24, 2.45) is 0 Å². The number of methoxy groups -OCH3 is 1. The van der Waals surface area contributed by atoms with Crippen LogP contribution in [0.2, 0.25) is 0 Å². The van der Waals surface area contributed by atoms with Gasteiger partial charge in [0, 0.05) is 24.6 Å². The van der Waals surface area contributed by atoms with Crippen molar-refractivity contribution < 1.29 is 27.5 Å². The minimum Gasteiger partial charge on any atom is -0.453 e. The maximum absolute atomic E-state index is 13.9. The van der Waals surface area contributed by atoms with Crippen molar-refractivity contribution in [3.05, 3.63) is 108 Å². The number of aromatic nitrogens is 4. The predicted molar refractivity (Wildman–Crippen MR) is 175 cm³/mol. The van der Waals surface area contributed by atoms with Crippen molar-refractivity contribution in [1.29, 1.82) is 0 Å². The summed E-state index contributed by atoms with van der Waals surface area (Å²) in [5, 5.41) is 2.53. The lowest BCUT2D eigenvalue weighted by Crippen LogP contribution is -2.34. The molecule has 0 bridgehead atoms. The Morgan fingerprint density at radius 2 is 1.60 bits per heavy atom. The summed E-state index contributed by atoms with van der Waals surface area (Å²) in [6.45, 7) is 2.35. The lowest BCUT2D eigenvalue weighted by atomic mass is 10.0. The van der Waals surface area contributed by atoms with Gasteiger partial charge in [0.25, 0.3) is 0 Å². The number of H-pyrrole nitrogens is 2. The van der Waals surface area contributed by atoms with Gasteiger partial charge in [-0.2, -0.15) is 13.2 Å². The van der Waals surface area contributed by atoms with E-state index in [4.69, 9.17) is 0 Å². The summed E-state index contributed by atoms with van der Waals surface area (Å²) in [7, 11) is 1.21. The molecule has 2 atom stereocenters. The molecule has 0 saturated carbocycles. The Morgan fingerprint density at radius 1 is 0.958 bits per heavy atom. The van der Waals surface area contributed by atoms with Crippen LogP contribution in [0.5, 0.6) is 0 Å². The smallest absolute Gasteiger partial charge is 0.433 e. The van der Waals surface area contributed by atoms with Crippen LogP contribution in [0.4, 0.5) is 18.0 Å². The van der Waals surface area contributed by atoms with E-state index in [1.54, 1.807) is 37.4 Å². The second-order valence-corrected chi connectivity index (χ2v) is 11.9. The van der Waals surface area contributed by atoms with Crippen LogP contribution in [0.25, 0.3) is 33.6 Å². The minimum atomic E-state index is -4.64. The van der Waals surface area contributed by atoms with E-state index in [1.807, 2.05) is 59.5 Å². The number of halogens is 3. The summed E-state index contributed by atoms with van der Waals surface area (Å²) in [4.78, 5) is 41.2. The number of imidazole rings is 2. The van der Waals surface area contributed by atoms with E-state index in [-0.39, 0.29) is 29.9 Å². The number of benzene rings is 3. The molecule has 3 heterocycles. The number of hydrogen-bond donors (Lipinski definition) is 3. The van der Waals surface area contributed by atoms with Gasteiger partial charge in [-0.15, -0.1) is 0 Å². The average Bonchev–Trinajstić information content (AvgIpc) is 3.85. The molecule has 0 spiro atoms. The quantitative estimate of drug-likeness (QED) is 0.154. The summed E-state index contributed by atoms with van der Waals surface area (Å²) < 4.78 is 46.3. The van der Waals surface area contributed by atoms with Crippen LogP contribution in [0, 0.1) is 0 Å². The Morgan fingerprint density at radius 3 is 2.25 bits per heavy atom. The third-order valence-electron chi connectivity index (χ3n) is 8.46. The van der Waals surface area contributed by atoms with Crippen LogP contribution >= 0.6 is 0 Å². The zero-order chi connectivity index (χ0) is 33.8. The van der Waals surface area contributed by atoms with Gasteiger partial charge in [0.2, 0.25) is 5.91 Å². The molecule has 48 heavy (non-hydrogen) atoms. The maximum Gasteiger partial charge on any atom is 0.433 e. The van der Waals surface area contributed by atoms with Crippen molar-refractivity contribution in [1.82, 2.24) is 30.2 Å². The molecule has 2 unspecified atom stereocenters. The van der Waals surface area contributed by atoms with Crippen LogP contribution in [0.1, 0.15) is 48.7 Å². The number of aromatic amines is 2. The SMILES string of the molecule is COC(=O)NC(C)Cc1nc(-c2ccc(-c3ccc(-c4cnc(C5CCCN5C(=O)Cc5ccccc5)[nH]4)cc3)cc2)c(C(F)(F)F)[nH]1. The fourth-order valence-electron chi connectivity index (χ4n) is 6.07. The number of nitrogens with one attached hydrogen (secondary N) is 3. The lowest BCUT2D eigenvalue weighted by molar-refractivity contribution is -0.140. The summed E-state index contributed by atoms with van der Waals surface area (Å²) >= 11 is 0. The van der Waals surface area contributed by atoms with E-state index in [0.717, 1.165) is 46.6 Å². The lowest BCUT2D eigenvalue weighted by Gasteiger charge is -2.23. The molecule has 5 aromatic rings. The van der Waals surface area contributed by atoms with Crippen LogP contribution < -0.4 is 5.32 Å². The molecule has 9 nitrogen and oxygen atoms in total. The van der Waals surface area contributed by atoms with Gasteiger partial charge in [0.1, 0.15) is 23.0 Å². The largest absolute Gasteiger partial charge is 0.453 e. The van der Waals surface area contributed by atoms with Gasteiger partial charge in [-0.1, -0.05) is 78.9 Å². The Balaban J connectivity index is 1.14. The molecule has 248 valence electrons. The van der Waals surface area contributed by atoms with Gasteiger partial charge in [0.05, 0.1) is 31.5 Å². The molecule has 0 aliphatic carbocycles. The Bertz CT molecular complexity index is 1870. The molecule has 2 aromatic heterocycles. The average molecular weight is 657 g/mol. The molecule has 1 saturated heterocycles. The molecule has 2 amide bonds. The molecule has 6 rings (SSSR count). The topological polar surface area (TPSA) is 116 Å². The summed E-state index contributed by atoms with van der Waals surface area (Å²) in [5.41, 5.74) is 3.62. The molecule has 1 aliphatic rings. The van der Waals surface area contributed by atoms with E-state index in [9.17, 15) is 22.8 Å². The van der Waals surface area contributed by atoms with Crippen molar-refractivity contribution in [3.63, 3.8) is 0 Å². The molecule has 1 fully saturated rings. The number of ether oxygens (including phenoxy) is 1. The molecule has 3 N–H and O–H groups in total. The highest BCUT2D eigenvalue weighted by atomic mass is 19.4. The second-order valence-electron chi connectivity index (χ2n) is 11.9. The highest BCUT2D eigenvalue weighted by Gasteiger charge is 2.37. The van der Waals surface area contributed by atoms with E-state index >= 15 is 0 Å². The van der Waals surface area contributed by atoms with E-state index in [0.29, 0.717) is 18.5 Å². The Labute approximate surface area is 275 Å². The summed E-state index contributed by atoms with van der Waals surface area (Å²) in [6, 6.07) is 23.7. The summed E-state index contributed by atoms with van der Waals surface area (Å²) in [6.07, 6.45) is -1.36. The number of carbonyl (C=O) groups excluding carboxylic acids is 2. The third-order valence-corrected chi connectivity index (χ3v) is 8.46. The van der Waals surface area contributed by atoms with Gasteiger partial charge in [-0.05, 0) is 42.0 Å². The molecule has 3 aromatic carbocycles. The molecular formula is C36H35F3N6O3. The number of amides is 2. The number of likely N-dealkylation sites (tertiary alicyclic amines) is 1. The minimum absolute atomic E-state index is 0.0612. The molecule has 0 radical (unpaired) electrons. The zero-order valence-corrected chi connectivity index (χ0v) is 26.5. The maximum atomic E-state index is 13.9. The van der Waals surface area contributed by atoms with Crippen molar-refractivity contribution in [3.8, 4) is 33.6 Å². The second kappa shape index (κ2) is 13.8. The standard InChI is InChI=1S/C36H35F3N6O3/c1-22(41-35(47)48-2)19-30-43-32(33(44-30)36(37,38)39)27-16-12-25(13-17-27)24-10-14-26(15-11-24)28-21-40-34(42-28)29-9-6-18-45(29)31(46)20-23-7-4-3-5-8-23/h3-5,7-8,10-17,21-22,29H,6,9,18-20H2,1-2H3,(H,40,42)(H,41,47)(H,43,44).